The molecule has 9 heteroatoms. The van der Waals surface area contributed by atoms with E-state index in [2.05, 4.69) is 5.32 Å². The minimum atomic E-state index is -0.881. The smallest absolute Gasteiger partial charge is 0.404 e. The summed E-state index contributed by atoms with van der Waals surface area (Å²) in [6.07, 6.45) is -0.351. The molecule has 0 aromatic carbocycles. The number of nitrogens with two attached hydrogens (primary N) is 1. The van der Waals surface area contributed by atoms with Crippen molar-refractivity contribution in [3.05, 3.63) is 21.4 Å². The van der Waals surface area contributed by atoms with Crippen molar-refractivity contribution >= 4 is 35.2 Å². The van der Waals surface area contributed by atoms with E-state index in [4.69, 9.17) is 10.5 Å². The maximum Gasteiger partial charge on any atom is 0.404 e. The van der Waals surface area contributed by atoms with Gasteiger partial charge in [-0.25, -0.2) is 4.79 Å². The fraction of sp³-hybridized carbons (Fsp3) is 0.385. The molecule has 0 aliphatic carbocycles. The molecule has 3 heterocycles. The molecule has 2 aliphatic rings. The van der Waals surface area contributed by atoms with E-state index in [1.165, 1.54) is 16.2 Å². The quantitative estimate of drug-likeness (QED) is 0.765. The van der Waals surface area contributed by atoms with Crippen molar-refractivity contribution in [2.75, 3.05) is 0 Å². The highest BCUT2D eigenvalue weighted by Crippen LogP contribution is 2.34. The number of thiophene rings is 1. The Morgan fingerprint density at radius 2 is 2.23 bits per heavy atom. The monoisotopic (exact) mass is 323 g/mol. The van der Waals surface area contributed by atoms with Crippen molar-refractivity contribution in [3.8, 4) is 0 Å². The van der Waals surface area contributed by atoms with E-state index in [-0.39, 0.29) is 31.4 Å². The summed E-state index contributed by atoms with van der Waals surface area (Å²) in [6, 6.07) is -0.646. The average molecular weight is 323 g/mol. The second-order valence-corrected chi connectivity index (χ2v) is 6.02. The van der Waals surface area contributed by atoms with Crippen LogP contribution in [0.15, 0.2) is 5.38 Å². The normalized spacial score (nSPS) is 20.8. The maximum atomic E-state index is 12.4. The largest absolute Gasteiger partial charge is 0.444 e. The zero-order valence-electron chi connectivity index (χ0n) is 11.5. The average Bonchev–Trinajstić information content (AvgIpc) is 2.98. The van der Waals surface area contributed by atoms with Gasteiger partial charge in [0.15, 0.2) is 0 Å². The van der Waals surface area contributed by atoms with Crippen LogP contribution in [-0.2, 0) is 27.5 Å². The molecule has 116 valence electrons. The molecule has 1 aromatic rings. The Morgan fingerprint density at radius 1 is 1.45 bits per heavy atom. The molecule has 3 N–H and O–H groups in total. The Hall–Kier alpha value is -2.42. The first-order chi connectivity index (χ1) is 10.5. The lowest BCUT2D eigenvalue weighted by molar-refractivity contribution is -0.136. The molecule has 4 amide bonds. The fourth-order valence-corrected chi connectivity index (χ4v) is 3.61. The van der Waals surface area contributed by atoms with E-state index in [1.54, 1.807) is 5.38 Å². The van der Waals surface area contributed by atoms with Crippen LogP contribution in [0.3, 0.4) is 0 Å². The number of nitrogens with zero attached hydrogens (tertiary/aromatic N) is 1. The molecular weight excluding hydrogens is 310 g/mol. The van der Waals surface area contributed by atoms with Crippen LogP contribution in [0.2, 0.25) is 0 Å². The van der Waals surface area contributed by atoms with E-state index in [9.17, 15) is 19.2 Å². The van der Waals surface area contributed by atoms with Crippen molar-refractivity contribution in [1.82, 2.24) is 10.2 Å². The predicted octanol–water partition coefficient (Wildman–Crippen LogP) is 0.104. The Balaban J connectivity index is 1.78. The fourth-order valence-electron chi connectivity index (χ4n) is 2.66. The Kier molecular flexibility index (Phi) is 3.57. The van der Waals surface area contributed by atoms with Crippen LogP contribution in [0, 0.1) is 0 Å². The number of imide groups is 1. The number of nitrogens with one attached hydrogen (secondary N) is 1. The SMILES string of the molecule is NC(=O)OCc1scc2c1CN(C1CCC(=O)NC1=O)C2=O. The van der Waals surface area contributed by atoms with E-state index >= 15 is 0 Å². The zero-order chi connectivity index (χ0) is 15.9. The summed E-state index contributed by atoms with van der Waals surface area (Å²) in [7, 11) is 0. The van der Waals surface area contributed by atoms with Crippen LogP contribution < -0.4 is 11.1 Å². The predicted molar refractivity (Wildman–Crippen MR) is 74.7 cm³/mol. The summed E-state index contributed by atoms with van der Waals surface area (Å²) < 4.78 is 4.76. The Bertz CT molecular complexity index is 683. The molecular formula is C13H13N3O5S. The molecule has 1 unspecified atom stereocenters. The van der Waals surface area contributed by atoms with Gasteiger partial charge < -0.3 is 15.4 Å². The first kappa shape index (κ1) is 14.5. The third-order valence-corrected chi connectivity index (χ3v) is 4.73. The van der Waals surface area contributed by atoms with Crippen LogP contribution in [0.4, 0.5) is 4.79 Å². The van der Waals surface area contributed by atoms with Gasteiger partial charge in [0, 0.05) is 28.8 Å². The number of carbonyl (C=O) groups excluding carboxylic acids is 4. The highest BCUT2D eigenvalue weighted by Gasteiger charge is 2.40. The van der Waals surface area contributed by atoms with Crippen molar-refractivity contribution < 1.29 is 23.9 Å². The second-order valence-electron chi connectivity index (χ2n) is 5.06. The second kappa shape index (κ2) is 5.41. The molecule has 0 spiro atoms. The number of hydrogen-bond acceptors (Lipinski definition) is 6. The standard InChI is InChI=1S/C13H13N3O5S/c14-13(20)21-4-9-6-3-16(12(19)7(6)5-22-9)8-1-2-10(17)15-11(8)18/h5,8H,1-4H2,(H2,14,20)(H,15,17,18). The topological polar surface area (TPSA) is 119 Å². The lowest BCUT2D eigenvalue weighted by atomic mass is 10.0. The number of primary amides is 1. The summed E-state index contributed by atoms with van der Waals surface area (Å²) >= 11 is 1.31. The van der Waals surface area contributed by atoms with E-state index in [0.717, 1.165) is 10.4 Å². The number of piperidine rings is 1. The molecule has 0 bridgehead atoms. The Labute approximate surface area is 129 Å². The number of hydrogen-bond donors (Lipinski definition) is 2. The van der Waals surface area contributed by atoms with Gasteiger partial charge in [0.05, 0.1) is 5.56 Å². The molecule has 2 aliphatic heterocycles. The van der Waals surface area contributed by atoms with Crippen LogP contribution >= 0.6 is 11.3 Å². The molecule has 1 aromatic heterocycles. The maximum absolute atomic E-state index is 12.4. The number of ether oxygens (including phenoxy) is 1. The van der Waals surface area contributed by atoms with Crippen LogP contribution in [0.5, 0.6) is 0 Å². The highest BCUT2D eigenvalue weighted by atomic mass is 32.1. The molecule has 22 heavy (non-hydrogen) atoms. The molecule has 1 fully saturated rings. The summed E-state index contributed by atoms with van der Waals surface area (Å²) in [5.41, 5.74) is 6.20. The lowest BCUT2D eigenvalue weighted by Gasteiger charge is -2.29. The first-order valence-corrected chi connectivity index (χ1v) is 7.51. The zero-order valence-corrected chi connectivity index (χ0v) is 12.3. The summed E-state index contributed by atoms with van der Waals surface area (Å²) in [6.45, 7) is 0.271. The van der Waals surface area contributed by atoms with Crippen LogP contribution in [-0.4, -0.2) is 34.8 Å². The van der Waals surface area contributed by atoms with Gasteiger partial charge in [-0.3, -0.25) is 19.7 Å². The van der Waals surface area contributed by atoms with Crippen LogP contribution in [0.25, 0.3) is 0 Å². The first-order valence-electron chi connectivity index (χ1n) is 6.63. The number of amides is 4. The van der Waals surface area contributed by atoms with Gasteiger partial charge >= 0.3 is 6.09 Å². The molecule has 0 saturated carbocycles. The molecule has 8 nitrogen and oxygen atoms in total. The van der Waals surface area contributed by atoms with Gasteiger partial charge in [0.2, 0.25) is 11.8 Å². The van der Waals surface area contributed by atoms with Gasteiger partial charge in [0.1, 0.15) is 12.6 Å². The Morgan fingerprint density at radius 3 is 2.91 bits per heavy atom. The van der Waals surface area contributed by atoms with Gasteiger partial charge in [0.25, 0.3) is 5.91 Å². The molecule has 1 atom stereocenters. The van der Waals surface area contributed by atoms with Crippen molar-refractivity contribution in [1.29, 1.82) is 0 Å². The van der Waals surface area contributed by atoms with Crippen molar-refractivity contribution in [3.63, 3.8) is 0 Å². The minimum absolute atomic E-state index is 0.00576. The third kappa shape index (κ3) is 2.43. The lowest BCUT2D eigenvalue weighted by Crippen LogP contribution is -2.52. The van der Waals surface area contributed by atoms with Crippen LogP contribution in [0.1, 0.15) is 33.6 Å². The van der Waals surface area contributed by atoms with Gasteiger partial charge in [-0.15, -0.1) is 11.3 Å². The number of fused-ring (bicyclic) bond motifs is 1. The number of rotatable bonds is 3. The molecule has 0 radical (unpaired) electrons. The van der Waals surface area contributed by atoms with Crippen molar-refractivity contribution in [2.24, 2.45) is 5.73 Å². The minimum Gasteiger partial charge on any atom is -0.444 e. The van der Waals surface area contributed by atoms with Gasteiger partial charge in [-0.1, -0.05) is 0 Å². The van der Waals surface area contributed by atoms with Gasteiger partial charge in [-0.2, -0.15) is 0 Å². The van der Waals surface area contributed by atoms with E-state index in [0.29, 0.717) is 12.0 Å². The van der Waals surface area contributed by atoms with E-state index in [1.807, 2.05) is 0 Å². The third-order valence-electron chi connectivity index (χ3n) is 3.73. The molecule has 3 rings (SSSR count). The molecule has 1 saturated heterocycles. The summed E-state index contributed by atoms with van der Waals surface area (Å²) in [5.74, 6) is -1.02. The summed E-state index contributed by atoms with van der Waals surface area (Å²) in [5, 5.41) is 3.93. The summed E-state index contributed by atoms with van der Waals surface area (Å²) in [4.78, 5) is 48.4. The highest BCUT2D eigenvalue weighted by molar-refractivity contribution is 7.10. The van der Waals surface area contributed by atoms with Crippen molar-refractivity contribution in [2.45, 2.75) is 32.0 Å². The number of carbonyl (C=O) groups is 4. The van der Waals surface area contributed by atoms with E-state index < -0.39 is 18.0 Å². The van der Waals surface area contributed by atoms with Gasteiger partial charge in [-0.05, 0) is 6.42 Å².